The van der Waals surface area contributed by atoms with E-state index in [2.05, 4.69) is 27.5 Å². The van der Waals surface area contributed by atoms with Crippen molar-refractivity contribution >= 4 is 11.5 Å². The maximum atomic E-state index is 5.18. The molecule has 0 amide bonds. The van der Waals surface area contributed by atoms with Gasteiger partial charge in [-0.3, -0.25) is 0 Å². The summed E-state index contributed by atoms with van der Waals surface area (Å²) in [6.45, 7) is 4.06. The fourth-order valence-electron chi connectivity index (χ4n) is 1.67. The van der Waals surface area contributed by atoms with Crippen molar-refractivity contribution in [1.82, 2.24) is 9.97 Å². The monoisotopic (exact) mass is 208 g/mol. The Kier molecular flexibility index (Phi) is 2.89. The van der Waals surface area contributed by atoms with E-state index in [1.165, 1.54) is 6.33 Å². The average Bonchev–Trinajstić information content (AvgIpc) is 2.50. The lowest BCUT2D eigenvalue weighted by Gasteiger charge is -2.11. The number of ether oxygens (including phenoxy) is 1. The number of hydrogen-bond acceptors (Lipinski definition) is 5. The zero-order chi connectivity index (χ0) is 10.7. The van der Waals surface area contributed by atoms with Gasteiger partial charge in [-0.15, -0.1) is 0 Å². The maximum Gasteiger partial charge on any atom is 0.242 e. The first-order chi connectivity index (χ1) is 7.35. The molecule has 2 N–H and O–H groups in total. The molecule has 1 aliphatic rings. The Bertz CT molecular complexity index is 342. The maximum absolute atomic E-state index is 5.18. The van der Waals surface area contributed by atoms with E-state index in [1.807, 2.05) is 0 Å². The first-order valence-electron chi connectivity index (χ1n) is 5.21. The number of methoxy groups -OCH3 is 1. The van der Waals surface area contributed by atoms with Crippen LogP contribution in [0.25, 0.3) is 0 Å². The van der Waals surface area contributed by atoms with Gasteiger partial charge in [-0.2, -0.15) is 4.98 Å². The van der Waals surface area contributed by atoms with Gasteiger partial charge in [-0.05, 0) is 12.3 Å². The number of nitrogens with zero attached hydrogens (tertiary/aromatic N) is 2. The van der Waals surface area contributed by atoms with Crippen LogP contribution in [0.1, 0.15) is 13.3 Å². The van der Waals surface area contributed by atoms with E-state index in [9.17, 15) is 0 Å². The highest BCUT2D eigenvalue weighted by molar-refractivity contribution is 5.70. The highest BCUT2D eigenvalue weighted by Gasteiger charge is 2.18. The first-order valence-corrected chi connectivity index (χ1v) is 5.21. The average molecular weight is 208 g/mol. The molecule has 15 heavy (non-hydrogen) atoms. The van der Waals surface area contributed by atoms with Crippen molar-refractivity contribution < 1.29 is 4.74 Å². The van der Waals surface area contributed by atoms with Gasteiger partial charge in [-0.1, -0.05) is 6.92 Å². The Morgan fingerprint density at radius 2 is 2.20 bits per heavy atom. The zero-order valence-electron chi connectivity index (χ0n) is 9.08. The van der Waals surface area contributed by atoms with Crippen molar-refractivity contribution in [3.8, 4) is 5.88 Å². The van der Waals surface area contributed by atoms with Crippen LogP contribution in [-0.4, -0.2) is 30.2 Å². The van der Waals surface area contributed by atoms with Crippen LogP contribution < -0.4 is 15.4 Å². The Hall–Kier alpha value is -1.52. The fourth-order valence-corrected chi connectivity index (χ4v) is 1.67. The fraction of sp³-hybridized carbons (Fsp3) is 0.600. The van der Waals surface area contributed by atoms with Gasteiger partial charge in [0.1, 0.15) is 12.0 Å². The molecule has 0 saturated carbocycles. The standard InChI is InChI=1S/C10H16N4O/c1-3-7-4-11-8-9(12-5-7)13-6-14-10(8)15-2/h6-7,11H,3-5H2,1-2H3,(H,12,13,14). The zero-order valence-corrected chi connectivity index (χ0v) is 9.08. The van der Waals surface area contributed by atoms with Gasteiger partial charge in [0.25, 0.3) is 0 Å². The van der Waals surface area contributed by atoms with Crippen LogP contribution in [0.2, 0.25) is 0 Å². The van der Waals surface area contributed by atoms with E-state index in [-0.39, 0.29) is 0 Å². The van der Waals surface area contributed by atoms with Crippen LogP contribution in [0, 0.1) is 5.92 Å². The lowest BCUT2D eigenvalue weighted by Crippen LogP contribution is -2.17. The van der Waals surface area contributed by atoms with Crippen molar-refractivity contribution in [3.05, 3.63) is 6.33 Å². The van der Waals surface area contributed by atoms with Gasteiger partial charge < -0.3 is 15.4 Å². The summed E-state index contributed by atoms with van der Waals surface area (Å²) >= 11 is 0. The first kappa shape index (κ1) is 10.0. The number of nitrogens with one attached hydrogen (secondary N) is 2. The third-order valence-corrected chi connectivity index (χ3v) is 2.71. The van der Waals surface area contributed by atoms with Gasteiger partial charge in [0.15, 0.2) is 5.82 Å². The van der Waals surface area contributed by atoms with E-state index >= 15 is 0 Å². The molecule has 0 bridgehead atoms. The molecule has 1 unspecified atom stereocenters. The minimum atomic E-state index is 0.601. The second-order valence-electron chi connectivity index (χ2n) is 3.64. The molecule has 0 aliphatic carbocycles. The second-order valence-corrected chi connectivity index (χ2v) is 3.64. The van der Waals surface area contributed by atoms with Crippen LogP contribution in [0.4, 0.5) is 11.5 Å². The Morgan fingerprint density at radius 3 is 2.93 bits per heavy atom. The number of fused-ring (bicyclic) bond motifs is 1. The summed E-state index contributed by atoms with van der Waals surface area (Å²) in [6.07, 6.45) is 2.66. The molecule has 0 saturated heterocycles. The second kappa shape index (κ2) is 4.33. The Labute approximate surface area is 89.3 Å². The van der Waals surface area contributed by atoms with Gasteiger partial charge in [0.2, 0.25) is 5.88 Å². The summed E-state index contributed by atoms with van der Waals surface area (Å²) in [6, 6.07) is 0. The van der Waals surface area contributed by atoms with E-state index < -0.39 is 0 Å². The molecule has 1 aromatic heterocycles. The molecule has 1 atom stereocenters. The normalized spacial score (nSPS) is 19.5. The van der Waals surface area contributed by atoms with Crippen LogP contribution in [0.3, 0.4) is 0 Å². The van der Waals surface area contributed by atoms with Gasteiger partial charge in [-0.25, -0.2) is 4.98 Å². The molecular formula is C10H16N4O. The topological polar surface area (TPSA) is 59.1 Å². The smallest absolute Gasteiger partial charge is 0.242 e. The summed E-state index contributed by atoms with van der Waals surface area (Å²) < 4.78 is 5.18. The summed E-state index contributed by atoms with van der Waals surface area (Å²) in [5.74, 6) is 2.05. The van der Waals surface area contributed by atoms with Crippen LogP contribution in [-0.2, 0) is 0 Å². The predicted octanol–water partition coefficient (Wildman–Crippen LogP) is 1.35. The summed E-state index contributed by atoms with van der Waals surface area (Å²) in [7, 11) is 1.62. The molecule has 2 heterocycles. The quantitative estimate of drug-likeness (QED) is 0.768. The molecule has 0 radical (unpaired) electrons. The lowest BCUT2D eigenvalue weighted by molar-refractivity contribution is 0.399. The van der Waals surface area contributed by atoms with E-state index in [4.69, 9.17) is 4.74 Å². The van der Waals surface area contributed by atoms with Crippen molar-refractivity contribution in [2.45, 2.75) is 13.3 Å². The summed E-state index contributed by atoms with van der Waals surface area (Å²) in [5, 5.41) is 6.64. The minimum absolute atomic E-state index is 0.601. The van der Waals surface area contributed by atoms with Crippen molar-refractivity contribution in [1.29, 1.82) is 0 Å². The van der Waals surface area contributed by atoms with Crippen molar-refractivity contribution in [2.75, 3.05) is 30.8 Å². The molecule has 0 fully saturated rings. The Morgan fingerprint density at radius 1 is 1.40 bits per heavy atom. The van der Waals surface area contributed by atoms with E-state index in [0.717, 1.165) is 31.0 Å². The summed E-state index contributed by atoms with van der Waals surface area (Å²) in [5.41, 5.74) is 0.871. The van der Waals surface area contributed by atoms with Crippen molar-refractivity contribution in [3.63, 3.8) is 0 Å². The molecule has 5 heteroatoms. The molecule has 82 valence electrons. The molecule has 1 aliphatic heterocycles. The molecule has 0 spiro atoms. The molecule has 5 nitrogen and oxygen atoms in total. The molecule has 1 aromatic rings. The molecule has 0 aromatic carbocycles. The molecular weight excluding hydrogens is 192 g/mol. The van der Waals surface area contributed by atoms with Gasteiger partial charge >= 0.3 is 0 Å². The van der Waals surface area contributed by atoms with Crippen LogP contribution in [0.5, 0.6) is 5.88 Å². The Balaban J connectivity index is 2.26. The minimum Gasteiger partial charge on any atom is -0.479 e. The van der Waals surface area contributed by atoms with Crippen LogP contribution >= 0.6 is 0 Å². The number of anilines is 2. The van der Waals surface area contributed by atoms with E-state index in [0.29, 0.717) is 11.8 Å². The van der Waals surface area contributed by atoms with E-state index in [1.54, 1.807) is 7.11 Å². The van der Waals surface area contributed by atoms with Gasteiger partial charge in [0, 0.05) is 13.1 Å². The predicted molar refractivity (Wildman–Crippen MR) is 59.3 cm³/mol. The largest absolute Gasteiger partial charge is 0.479 e. The van der Waals surface area contributed by atoms with Gasteiger partial charge in [0.05, 0.1) is 7.11 Å². The van der Waals surface area contributed by atoms with Crippen LogP contribution in [0.15, 0.2) is 6.33 Å². The number of aromatic nitrogens is 2. The lowest BCUT2D eigenvalue weighted by atomic mass is 10.1. The SMILES string of the molecule is CCC1CNc2ncnc(OC)c2NC1. The highest BCUT2D eigenvalue weighted by atomic mass is 16.5. The van der Waals surface area contributed by atoms with Crippen molar-refractivity contribution in [2.24, 2.45) is 5.92 Å². The molecule has 2 rings (SSSR count). The summed E-state index contributed by atoms with van der Waals surface area (Å²) in [4.78, 5) is 8.26. The third-order valence-electron chi connectivity index (χ3n) is 2.71. The number of rotatable bonds is 2. The highest BCUT2D eigenvalue weighted by Crippen LogP contribution is 2.30. The third kappa shape index (κ3) is 1.95. The number of hydrogen-bond donors (Lipinski definition) is 2.